The summed E-state index contributed by atoms with van der Waals surface area (Å²) in [4.78, 5) is 0. The maximum atomic E-state index is 10.1. The third-order valence-electron chi connectivity index (χ3n) is 3.79. The number of aliphatic hydroxyl groups is 2. The van der Waals surface area contributed by atoms with Crippen molar-refractivity contribution < 1.29 is 14.9 Å². The highest BCUT2D eigenvalue weighted by molar-refractivity contribution is 5.88. The highest BCUT2D eigenvalue weighted by atomic mass is 16.6. The lowest BCUT2D eigenvalue weighted by Gasteiger charge is -2.24. The predicted octanol–water partition coefficient (Wildman–Crippen LogP) is 1.69. The Labute approximate surface area is 98.3 Å². The van der Waals surface area contributed by atoms with Gasteiger partial charge in [0.25, 0.3) is 0 Å². The van der Waals surface area contributed by atoms with E-state index in [9.17, 15) is 10.2 Å². The van der Waals surface area contributed by atoms with E-state index in [-0.39, 0.29) is 12.2 Å². The van der Waals surface area contributed by atoms with E-state index in [0.717, 1.165) is 21.9 Å². The molecule has 2 aromatic carbocycles. The minimum absolute atomic E-state index is 0.0468. The summed E-state index contributed by atoms with van der Waals surface area (Å²) in [5.74, 6) is 0. The zero-order chi connectivity index (χ0) is 11.6. The van der Waals surface area contributed by atoms with Crippen LogP contribution in [0.4, 0.5) is 0 Å². The van der Waals surface area contributed by atoms with Gasteiger partial charge in [-0.25, -0.2) is 0 Å². The summed E-state index contributed by atoms with van der Waals surface area (Å²) in [7, 11) is 0. The molecule has 17 heavy (non-hydrogen) atoms. The second kappa shape index (κ2) is 3.07. The van der Waals surface area contributed by atoms with E-state index in [2.05, 4.69) is 0 Å². The molecule has 4 rings (SSSR count). The SMILES string of the molecule is OC1c2ccc3ccccc3c2C2OC2C1O. The van der Waals surface area contributed by atoms with Crippen molar-refractivity contribution in [1.82, 2.24) is 0 Å². The number of ether oxygens (including phenoxy) is 1. The standard InChI is InChI=1S/C14H12O3/c15-11-9-6-5-7-3-1-2-4-8(7)10(9)13-14(17-13)12(11)16/h1-6,11-16H. The Kier molecular flexibility index (Phi) is 1.73. The molecule has 1 heterocycles. The van der Waals surface area contributed by atoms with Crippen LogP contribution >= 0.6 is 0 Å². The lowest BCUT2D eigenvalue weighted by Crippen LogP contribution is -2.29. The molecule has 0 bridgehead atoms. The Morgan fingerprint density at radius 1 is 1.00 bits per heavy atom. The molecular weight excluding hydrogens is 216 g/mol. The summed E-state index contributed by atoms with van der Waals surface area (Å²) in [6.45, 7) is 0. The zero-order valence-corrected chi connectivity index (χ0v) is 9.08. The third kappa shape index (κ3) is 1.16. The van der Waals surface area contributed by atoms with Crippen LogP contribution in [-0.4, -0.2) is 22.4 Å². The van der Waals surface area contributed by atoms with Gasteiger partial charge in [-0.2, -0.15) is 0 Å². The summed E-state index contributed by atoms with van der Waals surface area (Å²) >= 11 is 0. The van der Waals surface area contributed by atoms with Crippen molar-refractivity contribution in [2.75, 3.05) is 0 Å². The molecule has 0 amide bonds. The average molecular weight is 228 g/mol. The zero-order valence-electron chi connectivity index (χ0n) is 9.08. The van der Waals surface area contributed by atoms with E-state index in [1.807, 2.05) is 36.4 Å². The van der Waals surface area contributed by atoms with Gasteiger partial charge in [0, 0.05) is 0 Å². The molecule has 3 nitrogen and oxygen atoms in total. The van der Waals surface area contributed by atoms with Crippen LogP contribution in [0.25, 0.3) is 10.8 Å². The van der Waals surface area contributed by atoms with Crippen molar-refractivity contribution in [1.29, 1.82) is 0 Å². The third-order valence-corrected chi connectivity index (χ3v) is 3.79. The average Bonchev–Trinajstić information content (AvgIpc) is 3.15. The fourth-order valence-corrected chi connectivity index (χ4v) is 2.87. The number of hydrogen-bond donors (Lipinski definition) is 2. The molecule has 0 radical (unpaired) electrons. The molecule has 1 fully saturated rings. The van der Waals surface area contributed by atoms with E-state index in [0.29, 0.717) is 0 Å². The number of hydrogen-bond acceptors (Lipinski definition) is 3. The van der Waals surface area contributed by atoms with Gasteiger partial charge in [-0.1, -0.05) is 36.4 Å². The molecule has 1 saturated heterocycles. The van der Waals surface area contributed by atoms with Crippen LogP contribution < -0.4 is 0 Å². The number of aliphatic hydroxyl groups excluding tert-OH is 2. The van der Waals surface area contributed by atoms with Crippen molar-refractivity contribution in [3.63, 3.8) is 0 Å². The van der Waals surface area contributed by atoms with Crippen molar-refractivity contribution in [3.8, 4) is 0 Å². The van der Waals surface area contributed by atoms with Crippen LogP contribution in [-0.2, 0) is 4.74 Å². The predicted molar refractivity (Wildman–Crippen MR) is 62.5 cm³/mol. The van der Waals surface area contributed by atoms with E-state index >= 15 is 0 Å². The van der Waals surface area contributed by atoms with Crippen molar-refractivity contribution in [2.45, 2.75) is 24.4 Å². The van der Waals surface area contributed by atoms with Crippen LogP contribution in [0.15, 0.2) is 36.4 Å². The molecule has 2 aromatic rings. The first-order valence-electron chi connectivity index (χ1n) is 5.80. The van der Waals surface area contributed by atoms with Gasteiger partial charge >= 0.3 is 0 Å². The van der Waals surface area contributed by atoms with E-state index in [1.165, 1.54) is 0 Å². The first-order valence-corrected chi connectivity index (χ1v) is 5.80. The quantitative estimate of drug-likeness (QED) is 0.675. The Morgan fingerprint density at radius 3 is 2.71 bits per heavy atom. The van der Waals surface area contributed by atoms with Gasteiger partial charge in [0.2, 0.25) is 0 Å². The van der Waals surface area contributed by atoms with Crippen molar-refractivity contribution >= 4 is 10.8 Å². The number of fused-ring (bicyclic) bond motifs is 5. The fraction of sp³-hybridized carbons (Fsp3) is 0.286. The molecule has 3 heteroatoms. The van der Waals surface area contributed by atoms with E-state index in [1.54, 1.807) is 0 Å². The Hall–Kier alpha value is -1.42. The largest absolute Gasteiger partial charge is 0.387 e. The van der Waals surface area contributed by atoms with Gasteiger partial charge in [0.15, 0.2) is 0 Å². The molecule has 1 aliphatic heterocycles. The molecule has 0 saturated carbocycles. The van der Waals surface area contributed by atoms with E-state index in [4.69, 9.17) is 4.74 Å². The second-order valence-electron chi connectivity index (χ2n) is 4.75. The van der Waals surface area contributed by atoms with Crippen LogP contribution in [0.3, 0.4) is 0 Å². The van der Waals surface area contributed by atoms with Crippen LogP contribution in [0, 0.1) is 0 Å². The molecule has 0 spiro atoms. The Bertz CT molecular complexity index is 607. The summed E-state index contributed by atoms with van der Waals surface area (Å²) in [5, 5.41) is 22.1. The molecule has 4 unspecified atom stereocenters. The summed E-state index contributed by atoms with van der Waals surface area (Å²) in [6, 6.07) is 11.9. The molecular formula is C14H12O3. The number of benzene rings is 2. The lowest BCUT2D eigenvalue weighted by atomic mass is 9.84. The fourth-order valence-electron chi connectivity index (χ4n) is 2.87. The molecule has 1 aliphatic carbocycles. The first-order chi connectivity index (χ1) is 8.27. The summed E-state index contributed by atoms with van der Waals surface area (Å²) < 4.78 is 5.49. The topological polar surface area (TPSA) is 53.0 Å². The van der Waals surface area contributed by atoms with Gasteiger partial charge in [0.05, 0.1) is 0 Å². The van der Waals surface area contributed by atoms with Gasteiger partial charge in [-0.15, -0.1) is 0 Å². The van der Waals surface area contributed by atoms with Gasteiger partial charge < -0.3 is 14.9 Å². The minimum Gasteiger partial charge on any atom is -0.387 e. The molecule has 2 aliphatic rings. The Balaban J connectivity index is 2.05. The molecule has 86 valence electrons. The van der Waals surface area contributed by atoms with Crippen LogP contribution in [0.5, 0.6) is 0 Å². The van der Waals surface area contributed by atoms with Gasteiger partial charge in [0.1, 0.15) is 24.4 Å². The molecule has 4 atom stereocenters. The summed E-state index contributed by atoms with van der Waals surface area (Å²) in [6.07, 6.45) is -1.91. The van der Waals surface area contributed by atoms with Gasteiger partial charge in [-0.05, 0) is 21.9 Å². The normalized spacial score (nSPS) is 34.2. The van der Waals surface area contributed by atoms with Crippen LogP contribution in [0.2, 0.25) is 0 Å². The highest BCUT2D eigenvalue weighted by Gasteiger charge is 2.54. The highest BCUT2D eigenvalue weighted by Crippen LogP contribution is 2.52. The summed E-state index contributed by atoms with van der Waals surface area (Å²) in [5.41, 5.74) is 1.85. The monoisotopic (exact) mass is 228 g/mol. The minimum atomic E-state index is -0.835. The van der Waals surface area contributed by atoms with Gasteiger partial charge in [-0.3, -0.25) is 0 Å². The van der Waals surface area contributed by atoms with Crippen molar-refractivity contribution in [3.05, 3.63) is 47.5 Å². The number of epoxide rings is 1. The van der Waals surface area contributed by atoms with Crippen LogP contribution in [0.1, 0.15) is 23.3 Å². The smallest absolute Gasteiger partial charge is 0.118 e. The molecule has 0 aromatic heterocycles. The Morgan fingerprint density at radius 2 is 1.82 bits per heavy atom. The van der Waals surface area contributed by atoms with E-state index < -0.39 is 12.2 Å². The second-order valence-corrected chi connectivity index (χ2v) is 4.75. The lowest BCUT2D eigenvalue weighted by molar-refractivity contribution is 0.000105. The maximum Gasteiger partial charge on any atom is 0.118 e. The molecule has 2 N–H and O–H groups in total. The first kappa shape index (κ1) is 9.59. The van der Waals surface area contributed by atoms with Crippen molar-refractivity contribution in [2.24, 2.45) is 0 Å². The maximum absolute atomic E-state index is 10.1. The number of rotatable bonds is 0.